The maximum absolute atomic E-state index is 13.4. The minimum Gasteiger partial charge on any atom is -0.484 e. The van der Waals surface area contributed by atoms with Gasteiger partial charge < -0.3 is 19.6 Å². The Hall–Kier alpha value is -3.05. The Morgan fingerprint density at radius 2 is 2.06 bits per heavy atom. The van der Waals surface area contributed by atoms with E-state index in [1.807, 2.05) is 0 Å². The van der Waals surface area contributed by atoms with E-state index in [2.05, 4.69) is 10.3 Å². The highest BCUT2D eigenvalue weighted by Crippen LogP contribution is 2.38. The highest BCUT2D eigenvalue weighted by molar-refractivity contribution is 7.92. The van der Waals surface area contributed by atoms with Crippen LogP contribution < -0.4 is 19.9 Å². The van der Waals surface area contributed by atoms with Gasteiger partial charge in [0.05, 0.1) is 18.8 Å². The largest absolute Gasteiger partial charge is 0.484 e. The van der Waals surface area contributed by atoms with E-state index in [0.717, 1.165) is 4.31 Å². The van der Waals surface area contributed by atoms with Crippen molar-refractivity contribution in [3.63, 3.8) is 0 Å². The van der Waals surface area contributed by atoms with Gasteiger partial charge in [-0.15, -0.1) is 0 Å². The summed E-state index contributed by atoms with van der Waals surface area (Å²) in [5.74, 6) is 0.188. The molecule has 1 aromatic carbocycles. The third-order valence-electron chi connectivity index (χ3n) is 4.32. The van der Waals surface area contributed by atoms with Crippen LogP contribution in [0, 0.1) is 6.92 Å². The van der Waals surface area contributed by atoms with Crippen molar-refractivity contribution in [1.29, 1.82) is 0 Å². The van der Waals surface area contributed by atoms with Crippen LogP contribution in [-0.4, -0.2) is 49.5 Å². The topological polar surface area (TPSA) is 138 Å². The zero-order chi connectivity index (χ0) is 23.0. The van der Waals surface area contributed by atoms with Crippen molar-refractivity contribution in [3.8, 4) is 5.75 Å². The Kier molecular flexibility index (Phi) is 6.01. The monoisotopic (exact) mass is 451 g/mol. The molecule has 1 unspecified atom stereocenters. The van der Waals surface area contributed by atoms with Crippen molar-refractivity contribution in [2.24, 2.45) is 0 Å². The number of amides is 1. The molecule has 0 aliphatic carbocycles. The average Bonchev–Trinajstić information content (AvgIpc) is 2.67. The minimum absolute atomic E-state index is 0.124. The van der Waals surface area contributed by atoms with E-state index >= 15 is 0 Å². The normalized spacial score (nSPS) is 16.3. The lowest BCUT2D eigenvalue weighted by atomic mass is 10.2. The van der Waals surface area contributed by atoms with Crippen LogP contribution in [0.15, 0.2) is 40.2 Å². The Bertz CT molecular complexity index is 1150. The highest BCUT2D eigenvalue weighted by Gasteiger charge is 2.36. The summed E-state index contributed by atoms with van der Waals surface area (Å²) in [7, 11) is -4.29. The maximum atomic E-state index is 13.4. The number of nitrogens with zero attached hydrogens (tertiary/aromatic N) is 1. The third-order valence-corrected chi connectivity index (χ3v) is 6.11. The first kappa shape index (κ1) is 22.6. The van der Waals surface area contributed by atoms with Crippen molar-refractivity contribution in [2.45, 2.75) is 44.3 Å². The number of aryl methyl sites for hydroxylation is 1. The number of pyridine rings is 1. The van der Waals surface area contributed by atoms with Crippen LogP contribution >= 0.6 is 0 Å². The van der Waals surface area contributed by atoms with Crippen LogP contribution in [-0.2, 0) is 14.8 Å². The molecule has 3 rings (SSSR count). The molecule has 2 heterocycles. The van der Waals surface area contributed by atoms with Crippen molar-refractivity contribution >= 4 is 27.5 Å². The second-order valence-corrected chi connectivity index (χ2v) is 9.97. The summed E-state index contributed by atoms with van der Waals surface area (Å²) < 4.78 is 38.6. The zero-order valence-corrected chi connectivity index (χ0v) is 18.4. The summed E-state index contributed by atoms with van der Waals surface area (Å²) in [6.07, 6.45) is -0.119. The van der Waals surface area contributed by atoms with E-state index in [-0.39, 0.29) is 23.7 Å². The van der Waals surface area contributed by atoms with Gasteiger partial charge in [0.15, 0.2) is 4.90 Å². The van der Waals surface area contributed by atoms with Crippen LogP contribution in [0.3, 0.4) is 0 Å². The molecule has 1 aliphatic heterocycles. The first-order valence-electron chi connectivity index (χ1n) is 9.54. The van der Waals surface area contributed by atoms with Crippen LogP contribution in [0.5, 0.6) is 5.75 Å². The quantitative estimate of drug-likeness (QED) is 0.646. The number of hydrogen-bond acceptors (Lipinski definition) is 7. The fourth-order valence-electron chi connectivity index (χ4n) is 3.01. The first-order valence-corrected chi connectivity index (χ1v) is 11.0. The number of benzene rings is 1. The first-order chi connectivity index (χ1) is 14.4. The standard InChI is InChI=1S/C20H25N3O7S/c1-12-7-17(18(25)21-9-12)31(27,28)23-10-14(11-24)29-16-6-5-13(8-15(16)23)22-19(26)30-20(2,3)4/h5-9,14,24H,10-11H2,1-4H3,(H,21,25)(H,22,26). The highest BCUT2D eigenvalue weighted by atomic mass is 32.2. The van der Waals surface area contributed by atoms with Gasteiger partial charge in [-0.3, -0.25) is 14.4 Å². The molecule has 0 spiro atoms. The molecule has 0 radical (unpaired) electrons. The number of carbonyl (C=O) groups excluding carboxylic acids is 1. The summed E-state index contributed by atoms with van der Waals surface area (Å²) in [6, 6.07) is 5.69. The van der Waals surface area contributed by atoms with Crippen molar-refractivity contribution in [3.05, 3.63) is 46.4 Å². The SMILES string of the molecule is Cc1c[nH]c(=O)c(S(=O)(=O)N2CC(CO)Oc3ccc(NC(=O)OC(C)(C)C)cc32)c1. The van der Waals surface area contributed by atoms with Crippen molar-refractivity contribution in [2.75, 3.05) is 22.8 Å². The van der Waals surface area contributed by atoms with E-state index in [9.17, 15) is 23.1 Å². The zero-order valence-electron chi connectivity index (χ0n) is 17.6. The molecule has 10 nitrogen and oxygen atoms in total. The number of ether oxygens (including phenoxy) is 2. The number of H-pyrrole nitrogens is 1. The molecule has 0 saturated carbocycles. The fourth-order valence-corrected chi connectivity index (χ4v) is 4.64. The Labute approximate surface area is 179 Å². The molecule has 1 atom stereocenters. The Morgan fingerprint density at radius 3 is 2.71 bits per heavy atom. The lowest BCUT2D eigenvalue weighted by Crippen LogP contribution is -2.46. The van der Waals surface area contributed by atoms with E-state index in [1.54, 1.807) is 27.7 Å². The number of aliphatic hydroxyl groups excluding tert-OH is 1. The molecular weight excluding hydrogens is 426 g/mol. The lowest BCUT2D eigenvalue weighted by Gasteiger charge is -2.35. The van der Waals surface area contributed by atoms with Gasteiger partial charge in [0.2, 0.25) is 0 Å². The number of carbonyl (C=O) groups is 1. The van der Waals surface area contributed by atoms with Crippen molar-refractivity contribution < 1.29 is 27.8 Å². The van der Waals surface area contributed by atoms with Crippen LogP contribution in [0.1, 0.15) is 26.3 Å². The number of aromatic amines is 1. The van der Waals surface area contributed by atoms with E-state index in [4.69, 9.17) is 9.47 Å². The summed E-state index contributed by atoms with van der Waals surface area (Å²) in [5, 5.41) is 12.1. The van der Waals surface area contributed by atoms with Gasteiger partial charge in [-0.05, 0) is 57.5 Å². The number of hydrogen-bond donors (Lipinski definition) is 3. The smallest absolute Gasteiger partial charge is 0.412 e. The van der Waals surface area contributed by atoms with E-state index in [1.165, 1.54) is 30.5 Å². The maximum Gasteiger partial charge on any atom is 0.412 e. The van der Waals surface area contributed by atoms with E-state index in [0.29, 0.717) is 5.56 Å². The van der Waals surface area contributed by atoms with Gasteiger partial charge >= 0.3 is 6.09 Å². The van der Waals surface area contributed by atoms with E-state index < -0.39 is 44.9 Å². The van der Waals surface area contributed by atoms with Gasteiger partial charge in [0.25, 0.3) is 15.6 Å². The fraction of sp³-hybridized carbons (Fsp3) is 0.400. The van der Waals surface area contributed by atoms with Gasteiger partial charge in [0, 0.05) is 11.9 Å². The number of aromatic nitrogens is 1. The van der Waals surface area contributed by atoms with Crippen LogP contribution in [0.4, 0.5) is 16.2 Å². The molecule has 0 bridgehead atoms. The molecule has 11 heteroatoms. The molecule has 0 saturated heterocycles. The lowest BCUT2D eigenvalue weighted by molar-refractivity contribution is 0.0636. The molecule has 2 aromatic rings. The molecule has 1 aromatic heterocycles. The second-order valence-electron chi connectivity index (χ2n) is 8.14. The van der Waals surface area contributed by atoms with Gasteiger partial charge in [-0.1, -0.05) is 0 Å². The second kappa shape index (κ2) is 8.23. The summed E-state index contributed by atoms with van der Waals surface area (Å²) in [5.41, 5.74) is -0.512. The number of rotatable bonds is 4. The molecule has 0 fully saturated rings. The van der Waals surface area contributed by atoms with Crippen molar-refractivity contribution in [1.82, 2.24) is 4.98 Å². The molecule has 3 N–H and O–H groups in total. The molecule has 31 heavy (non-hydrogen) atoms. The molecule has 1 aliphatic rings. The number of aliphatic hydroxyl groups is 1. The molecule has 168 valence electrons. The summed E-state index contributed by atoms with van der Waals surface area (Å²) >= 11 is 0. The van der Waals surface area contributed by atoms with Gasteiger partial charge in [-0.2, -0.15) is 0 Å². The summed E-state index contributed by atoms with van der Waals surface area (Å²) in [6.45, 7) is 6.17. The predicted octanol–water partition coefficient (Wildman–Crippen LogP) is 1.98. The van der Waals surface area contributed by atoms with Crippen LogP contribution in [0.2, 0.25) is 0 Å². The van der Waals surface area contributed by atoms with Gasteiger partial charge in [0.1, 0.15) is 17.5 Å². The molecular formula is C20H25N3O7S. The average molecular weight is 452 g/mol. The van der Waals surface area contributed by atoms with Gasteiger partial charge in [-0.25, -0.2) is 13.2 Å². The predicted molar refractivity (Wildman–Crippen MR) is 114 cm³/mol. The summed E-state index contributed by atoms with van der Waals surface area (Å²) in [4.78, 5) is 26.3. The molecule has 1 amide bonds. The minimum atomic E-state index is -4.29. The number of anilines is 2. The Morgan fingerprint density at radius 1 is 1.35 bits per heavy atom. The number of fused-ring (bicyclic) bond motifs is 1. The number of nitrogens with one attached hydrogen (secondary N) is 2. The Balaban J connectivity index is 2.04. The van der Waals surface area contributed by atoms with Crippen LogP contribution in [0.25, 0.3) is 0 Å². The number of sulfonamides is 1. The third kappa shape index (κ3) is 5.00.